The molecule has 0 aliphatic rings. The van der Waals surface area contributed by atoms with Gasteiger partial charge in [0, 0.05) is 6.42 Å². The van der Waals surface area contributed by atoms with Crippen LogP contribution in [0, 0.1) is 13.8 Å². The SMILES string of the molecule is CC.Cc1cc(C)c2nc(CCN)[nH]c2c1. The van der Waals surface area contributed by atoms with Crippen LogP contribution in [0.2, 0.25) is 0 Å². The van der Waals surface area contributed by atoms with E-state index >= 15 is 0 Å². The number of benzene rings is 1. The van der Waals surface area contributed by atoms with E-state index in [-0.39, 0.29) is 0 Å². The summed E-state index contributed by atoms with van der Waals surface area (Å²) in [5.74, 6) is 0.983. The van der Waals surface area contributed by atoms with Gasteiger partial charge in [-0.05, 0) is 37.6 Å². The third-order valence-electron chi connectivity index (χ3n) is 2.35. The highest BCUT2D eigenvalue weighted by Gasteiger charge is 2.04. The first-order valence-electron chi connectivity index (χ1n) is 5.86. The molecule has 0 atom stereocenters. The van der Waals surface area contributed by atoms with Crippen LogP contribution in [0.15, 0.2) is 12.1 Å². The van der Waals surface area contributed by atoms with Gasteiger partial charge in [-0.1, -0.05) is 19.9 Å². The van der Waals surface area contributed by atoms with Gasteiger partial charge in [-0.25, -0.2) is 4.98 Å². The van der Waals surface area contributed by atoms with E-state index in [1.165, 1.54) is 11.1 Å². The van der Waals surface area contributed by atoms with Crippen LogP contribution in [-0.4, -0.2) is 16.5 Å². The van der Waals surface area contributed by atoms with Gasteiger partial charge in [0.2, 0.25) is 0 Å². The second-order valence-corrected chi connectivity index (χ2v) is 3.70. The van der Waals surface area contributed by atoms with E-state index in [4.69, 9.17) is 5.73 Å². The number of aryl methyl sites for hydroxylation is 2. The van der Waals surface area contributed by atoms with E-state index < -0.39 is 0 Å². The molecule has 0 aliphatic carbocycles. The first kappa shape index (κ1) is 12.7. The number of nitrogens with zero attached hydrogens (tertiary/aromatic N) is 1. The molecule has 0 unspecified atom stereocenters. The molecule has 0 radical (unpaired) electrons. The highest BCUT2D eigenvalue weighted by Crippen LogP contribution is 2.18. The molecular formula is C13H21N3. The van der Waals surface area contributed by atoms with Crippen molar-refractivity contribution in [3.63, 3.8) is 0 Å². The molecule has 3 nitrogen and oxygen atoms in total. The fourth-order valence-corrected chi connectivity index (χ4v) is 1.78. The molecule has 0 aliphatic heterocycles. The van der Waals surface area contributed by atoms with Crippen molar-refractivity contribution < 1.29 is 0 Å². The predicted molar refractivity (Wildman–Crippen MR) is 69.7 cm³/mol. The van der Waals surface area contributed by atoms with Crippen molar-refractivity contribution in [1.29, 1.82) is 0 Å². The summed E-state index contributed by atoms with van der Waals surface area (Å²) in [5, 5.41) is 0. The maximum absolute atomic E-state index is 5.49. The minimum atomic E-state index is 0.637. The quantitative estimate of drug-likeness (QED) is 0.816. The van der Waals surface area contributed by atoms with Gasteiger partial charge in [0.15, 0.2) is 0 Å². The fourth-order valence-electron chi connectivity index (χ4n) is 1.78. The Hall–Kier alpha value is -1.35. The van der Waals surface area contributed by atoms with Crippen molar-refractivity contribution >= 4 is 11.0 Å². The molecule has 1 aromatic heterocycles. The molecular weight excluding hydrogens is 198 g/mol. The highest BCUT2D eigenvalue weighted by molar-refractivity contribution is 5.79. The molecule has 3 N–H and O–H groups in total. The lowest BCUT2D eigenvalue weighted by Gasteiger charge is -1.96. The Bertz CT molecular complexity index is 457. The van der Waals surface area contributed by atoms with E-state index in [1.54, 1.807) is 0 Å². The molecule has 88 valence electrons. The second kappa shape index (κ2) is 5.66. The summed E-state index contributed by atoms with van der Waals surface area (Å²) in [7, 11) is 0. The first-order valence-corrected chi connectivity index (χ1v) is 5.86. The predicted octanol–water partition coefficient (Wildman–Crippen LogP) is 2.71. The van der Waals surface area contributed by atoms with Gasteiger partial charge in [-0.15, -0.1) is 0 Å². The Morgan fingerprint density at radius 2 is 1.94 bits per heavy atom. The lowest BCUT2D eigenvalue weighted by Crippen LogP contribution is -2.03. The summed E-state index contributed by atoms with van der Waals surface area (Å²) < 4.78 is 0. The topological polar surface area (TPSA) is 54.7 Å². The zero-order valence-electron chi connectivity index (χ0n) is 10.6. The van der Waals surface area contributed by atoms with Crippen molar-refractivity contribution in [3.8, 4) is 0 Å². The van der Waals surface area contributed by atoms with Crippen molar-refractivity contribution in [1.82, 2.24) is 9.97 Å². The smallest absolute Gasteiger partial charge is 0.108 e. The minimum Gasteiger partial charge on any atom is -0.342 e. The zero-order valence-corrected chi connectivity index (χ0v) is 10.6. The van der Waals surface area contributed by atoms with Crippen LogP contribution in [0.1, 0.15) is 30.8 Å². The van der Waals surface area contributed by atoms with Crippen LogP contribution in [0.4, 0.5) is 0 Å². The monoisotopic (exact) mass is 219 g/mol. The number of rotatable bonds is 2. The summed E-state index contributed by atoms with van der Waals surface area (Å²) in [6, 6.07) is 4.27. The molecule has 0 bridgehead atoms. The van der Waals surface area contributed by atoms with E-state index in [1.807, 2.05) is 13.8 Å². The van der Waals surface area contributed by atoms with Gasteiger partial charge >= 0.3 is 0 Å². The molecule has 0 saturated carbocycles. The molecule has 1 aromatic carbocycles. The van der Waals surface area contributed by atoms with E-state index in [0.717, 1.165) is 23.3 Å². The minimum absolute atomic E-state index is 0.637. The van der Waals surface area contributed by atoms with Gasteiger partial charge in [0.05, 0.1) is 11.0 Å². The number of nitrogens with one attached hydrogen (secondary N) is 1. The molecule has 1 heterocycles. The number of imidazole rings is 1. The van der Waals surface area contributed by atoms with Crippen LogP contribution in [0.3, 0.4) is 0 Å². The lowest BCUT2D eigenvalue weighted by atomic mass is 10.1. The molecule has 0 saturated heterocycles. The van der Waals surface area contributed by atoms with Gasteiger partial charge < -0.3 is 10.7 Å². The Kier molecular flexibility index (Phi) is 4.50. The average Bonchev–Trinajstić information content (AvgIpc) is 2.64. The Morgan fingerprint density at radius 3 is 2.56 bits per heavy atom. The van der Waals surface area contributed by atoms with E-state index in [2.05, 4.69) is 35.9 Å². The average molecular weight is 219 g/mol. The van der Waals surface area contributed by atoms with Crippen LogP contribution in [-0.2, 0) is 6.42 Å². The fraction of sp³-hybridized carbons (Fsp3) is 0.462. The van der Waals surface area contributed by atoms with Gasteiger partial charge in [-0.2, -0.15) is 0 Å². The van der Waals surface area contributed by atoms with Crippen LogP contribution < -0.4 is 5.73 Å². The van der Waals surface area contributed by atoms with Crippen molar-refractivity contribution in [2.75, 3.05) is 6.54 Å². The molecule has 3 heteroatoms. The molecule has 0 spiro atoms. The molecule has 16 heavy (non-hydrogen) atoms. The second-order valence-electron chi connectivity index (χ2n) is 3.70. The Morgan fingerprint density at radius 1 is 1.25 bits per heavy atom. The zero-order chi connectivity index (χ0) is 12.1. The summed E-state index contributed by atoms with van der Waals surface area (Å²) >= 11 is 0. The largest absolute Gasteiger partial charge is 0.342 e. The standard InChI is InChI=1S/C11H15N3.C2H6/c1-7-5-8(2)11-9(6-7)13-10(14-11)3-4-12;1-2/h5-6H,3-4,12H2,1-2H3,(H,13,14);1-2H3. The maximum atomic E-state index is 5.49. The lowest BCUT2D eigenvalue weighted by molar-refractivity contribution is 0.900. The third kappa shape index (κ3) is 2.61. The van der Waals surface area contributed by atoms with Crippen LogP contribution >= 0.6 is 0 Å². The first-order chi connectivity index (χ1) is 7.70. The van der Waals surface area contributed by atoms with Crippen LogP contribution in [0.5, 0.6) is 0 Å². The summed E-state index contributed by atoms with van der Waals surface area (Å²) in [5.41, 5.74) is 10.2. The Balaban J connectivity index is 0.000000606. The summed E-state index contributed by atoms with van der Waals surface area (Å²) in [6.45, 7) is 8.82. The van der Waals surface area contributed by atoms with Crippen molar-refractivity contribution in [2.24, 2.45) is 5.73 Å². The highest BCUT2D eigenvalue weighted by atomic mass is 14.9. The molecule has 0 fully saturated rings. The van der Waals surface area contributed by atoms with E-state index in [0.29, 0.717) is 6.54 Å². The summed E-state index contributed by atoms with van der Waals surface area (Å²) in [6.07, 6.45) is 0.813. The number of hydrogen-bond acceptors (Lipinski definition) is 2. The van der Waals surface area contributed by atoms with E-state index in [9.17, 15) is 0 Å². The number of aromatic amines is 1. The molecule has 2 aromatic rings. The normalized spacial score (nSPS) is 10.1. The number of nitrogens with two attached hydrogens (primary N) is 1. The van der Waals surface area contributed by atoms with Crippen molar-refractivity contribution in [3.05, 3.63) is 29.1 Å². The van der Waals surface area contributed by atoms with Gasteiger partial charge in [0.1, 0.15) is 5.82 Å². The van der Waals surface area contributed by atoms with Crippen molar-refractivity contribution in [2.45, 2.75) is 34.1 Å². The maximum Gasteiger partial charge on any atom is 0.108 e. The number of H-pyrrole nitrogens is 1. The van der Waals surface area contributed by atoms with Gasteiger partial charge in [0.25, 0.3) is 0 Å². The Labute approximate surface area is 97.1 Å². The summed E-state index contributed by atoms with van der Waals surface area (Å²) in [4.78, 5) is 7.79. The third-order valence-corrected chi connectivity index (χ3v) is 2.35. The number of fused-ring (bicyclic) bond motifs is 1. The molecule has 0 amide bonds. The number of hydrogen-bond donors (Lipinski definition) is 2. The number of aromatic nitrogens is 2. The van der Waals surface area contributed by atoms with Crippen LogP contribution in [0.25, 0.3) is 11.0 Å². The van der Waals surface area contributed by atoms with Gasteiger partial charge in [-0.3, -0.25) is 0 Å². The molecule has 2 rings (SSSR count).